The normalized spacial score (nSPS) is 17.8. The van der Waals surface area contributed by atoms with Crippen molar-refractivity contribution >= 4 is 26.8 Å². The Hall–Kier alpha value is -2.72. The number of nitrogens with zero attached hydrogens (tertiary/aromatic N) is 3. The number of hydrogen-bond acceptors (Lipinski definition) is 5. The number of fused-ring (bicyclic) bond motifs is 1. The SMILES string of the molecule is CN(C)CCCS(=O)(=O)N1CCC(c2c[nH]c3c(CC(N)=O)cc(-c4ccc(CN5CCCC5)cc4)cc23)CC1. The van der Waals surface area contributed by atoms with Crippen molar-refractivity contribution in [3.63, 3.8) is 0 Å². The van der Waals surface area contributed by atoms with E-state index >= 15 is 0 Å². The maximum atomic E-state index is 12.9. The highest BCUT2D eigenvalue weighted by molar-refractivity contribution is 7.89. The molecule has 3 N–H and O–H groups in total. The molecule has 216 valence electrons. The van der Waals surface area contributed by atoms with Crippen LogP contribution < -0.4 is 5.73 Å². The lowest BCUT2D eigenvalue weighted by molar-refractivity contribution is -0.117. The van der Waals surface area contributed by atoms with Crippen LogP contribution in [0.5, 0.6) is 0 Å². The average Bonchev–Trinajstić information content (AvgIpc) is 3.59. The Balaban J connectivity index is 1.36. The fraction of sp³-hybridized carbons (Fsp3) is 0.516. The smallest absolute Gasteiger partial charge is 0.221 e. The van der Waals surface area contributed by atoms with E-state index in [0.29, 0.717) is 19.5 Å². The Bertz CT molecular complexity index is 1420. The highest BCUT2D eigenvalue weighted by atomic mass is 32.2. The quantitative estimate of drug-likeness (QED) is 0.367. The number of amides is 1. The molecule has 1 amide bonds. The van der Waals surface area contributed by atoms with Crippen LogP contribution in [0.3, 0.4) is 0 Å². The van der Waals surface area contributed by atoms with Crippen LogP contribution in [0.4, 0.5) is 0 Å². The number of primary amides is 1. The van der Waals surface area contributed by atoms with Gasteiger partial charge in [0.15, 0.2) is 0 Å². The van der Waals surface area contributed by atoms with Crippen molar-refractivity contribution in [2.24, 2.45) is 5.73 Å². The topological polar surface area (TPSA) is 103 Å². The van der Waals surface area contributed by atoms with Gasteiger partial charge < -0.3 is 15.6 Å². The highest BCUT2D eigenvalue weighted by Crippen LogP contribution is 2.37. The molecule has 0 radical (unpaired) electrons. The number of aromatic amines is 1. The number of sulfonamides is 1. The summed E-state index contributed by atoms with van der Waals surface area (Å²) >= 11 is 0. The van der Waals surface area contributed by atoms with E-state index in [1.165, 1.54) is 37.1 Å². The molecule has 1 aromatic heterocycles. The zero-order chi connectivity index (χ0) is 28.3. The Kier molecular flexibility index (Phi) is 8.95. The van der Waals surface area contributed by atoms with Gasteiger partial charge in [-0.1, -0.05) is 24.3 Å². The first-order valence-electron chi connectivity index (χ1n) is 14.6. The first kappa shape index (κ1) is 28.8. The summed E-state index contributed by atoms with van der Waals surface area (Å²) in [6, 6.07) is 13.0. The maximum Gasteiger partial charge on any atom is 0.221 e. The molecule has 0 aliphatic carbocycles. The van der Waals surface area contributed by atoms with E-state index in [2.05, 4.69) is 46.3 Å². The van der Waals surface area contributed by atoms with Gasteiger partial charge in [0.05, 0.1) is 12.2 Å². The van der Waals surface area contributed by atoms with E-state index in [-0.39, 0.29) is 24.0 Å². The summed E-state index contributed by atoms with van der Waals surface area (Å²) in [6.45, 7) is 5.17. The van der Waals surface area contributed by atoms with Crippen LogP contribution in [0.1, 0.15) is 54.7 Å². The van der Waals surface area contributed by atoms with Crippen LogP contribution >= 0.6 is 0 Å². The van der Waals surface area contributed by atoms with Crippen LogP contribution in [0, 0.1) is 0 Å². The minimum absolute atomic E-state index is 0.168. The minimum Gasteiger partial charge on any atom is -0.369 e. The molecule has 40 heavy (non-hydrogen) atoms. The van der Waals surface area contributed by atoms with E-state index in [9.17, 15) is 13.2 Å². The van der Waals surface area contributed by atoms with Crippen molar-refractivity contribution in [2.75, 3.05) is 52.6 Å². The van der Waals surface area contributed by atoms with Crippen LogP contribution in [0.2, 0.25) is 0 Å². The fourth-order valence-electron chi connectivity index (χ4n) is 6.30. The molecule has 0 unspecified atom stereocenters. The highest BCUT2D eigenvalue weighted by Gasteiger charge is 2.30. The van der Waals surface area contributed by atoms with E-state index in [4.69, 9.17) is 5.73 Å². The van der Waals surface area contributed by atoms with Gasteiger partial charge in [0, 0.05) is 36.7 Å². The molecule has 0 bridgehead atoms. The molecule has 0 saturated carbocycles. The van der Waals surface area contributed by atoms with Gasteiger partial charge in [0.2, 0.25) is 15.9 Å². The molecule has 0 atom stereocenters. The zero-order valence-electron chi connectivity index (χ0n) is 23.9. The van der Waals surface area contributed by atoms with E-state index in [1.54, 1.807) is 4.31 Å². The number of rotatable bonds is 11. The standard InChI is InChI=1S/C31H43N5O3S/c1-34(2)12-5-17-40(38,39)36-15-10-25(11-16-36)29-21-33-31-27(20-30(32)37)18-26(19-28(29)31)24-8-6-23(7-9-24)22-35-13-3-4-14-35/h6-9,18-19,21,25,33H,3-5,10-17,20,22H2,1-2H3,(H2,32,37). The number of piperidine rings is 1. The number of carbonyl (C=O) groups excluding carboxylic acids is 1. The van der Waals surface area contributed by atoms with Crippen LogP contribution in [0.25, 0.3) is 22.0 Å². The van der Waals surface area contributed by atoms with Gasteiger partial charge in [-0.3, -0.25) is 9.69 Å². The molecule has 9 heteroatoms. The number of H-pyrrole nitrogens is 1. The lowest BCUT2D eigenvalue weighted by Crippen LogP contribution is -2.39. The number of carbonyl (C=O) groups is 1. The van der Waals surface area contributed by atoms with Crippen molar-refractivity contribution in [1.29, 1.82) is 0 Å². The van der Waals surface area contributed by atoms with Gasteiger partial charge in [0.25, 0.3) is 0 Å². The molecule has 3 heterocycles. The van der Waals surface area contributed by atoms with Crippen LogP contribution in [-0.2, 0) is 27.8 Å². The number of aromatic nitrogens is 1. The monoisotopic (exact) mass is 565 g/mol. The molecule has 3 aromatic rings. The number of likely N-dealkylation sites (tertiary alicyclic amines) is 1. The van der Waals surface area contributed by atoms with Gasteiger partial charge in [-0.05, 0) is 112 Å². The van der Waals surface area contributed by atoms with E-state index < -0.39 is 10.0 Å². The molecular formula is C31H43N5O3S. The number of benzene rings is 2. The molecule has 2 fully saturated rings. The van der Waals surface area contributed by atoms with Crippen LogP contribution in [-0.4, -0.2) is 86.0 Å². The van der Waals surface area contributed by atoms with E-state index in [1.807, 2.05) is 25.2 Å². The van der Waals surface area contributed by atoms with E-state index in [0.717, 1.165) is 53.5 Å². The Morgan fingerprint density at radius 2 is 1.73 bits per heavy atom. The van der Waals surface area contributed by atoms with Crippen molar-refractivity contribution in [1.82, 2.24) is 19.1 Å². The van der Waals surface area contributed by atoms with Gasteiger partial charge >= 0.3 is 0 Å². The predicted molar refractivity (Wildman–Crippen MR) is 162 cm³/mol. The van der Waals surface area contributed by atoms with Crippen molar-refractivity contribution < 1.29 is 13.2 Å². The minimum atomic E-state index is -3.24. The number of hydrogen-bond donors (Lipinski definition) is 2. The summed E-state index contributed by atoms with van der Waals surface area (Å²) in [7, 11) is 0.681. The molecule has 2 saturated heterocycles. The average molecular weight is 566 g/mol. The summed E-state index contributed by atoms with van der Waals surface area (Å²) in [4.78, 5) is 19.9. The van der Waals surface area contributed by atoms with Gasteiger partial charge in [-0.25, -0.2) is 12.7 Å². The third kappa shape index (κ3) is 6.77. The first-order chi connectivity index (χ1) is 19.2. The summed E-state index contributed by atoms with van der Waals surface area (Å²) in [5.41, 5.74) is 12.2. The predicted octanol–water partition coefficient (Wildman–Crippen LogP) is 3.92. The second-order valence-electron chi connectivity index (χ2n) is 11.8. The third-order valence-electron chi connectivity index (χ3n) is 8.45. The Morgan fingerprint density at radius 1 is 1.02 bits per heavy atom. The summed E-state index contributed by atoms with van der Waals surface area (Å²) in [5.74, 6) is 0.0874. The second-order valence-corrected chi connectivity index (χ2v) is 13.9. The fourth-order valence-corrected chi connectivity index (χ4v) is 7.82. The number of nitrogens with two attached hydrogens (primary N) is 1. The lowest BCUT2D eigenvalue weighted by atomic mass is 9.88. The van der Waals surface area contributed by atoms with Gasteiger partial charge in [-0.2, -0.15) is 0 Å². The Labute approximate surface area is 238 Å². The molecule has 2 aromatic carbocycles. The van der Waals surface area contributed by atoms with Gasteiger partial charge in [0.1, 0.15) is 0 Å². The molecule has 5 rings (SSSR count). The summed E-state index contributed by atoms with van der Waals surface area (Å²) < 4.78 is 27.5. The van der Waals surface area contributed by atoms with Crippen LogP contribution in [0.15, 0.2) is 42.6 Å². The second kappa shape index (κ2) is 12.4. The van der Waals surface area contributed by atoms with Crippen molar-refractivity contribution in [3.05, 3.63) is 59.3 Å². The van der Waals surface area contributed by atoms with Gasteiger partial charge in [-0.15, -0.1) is 0 Å². The zero-order valence-corrected chi connectivity index (χ0v) is 24.7. The molecule has 0 spiro atoms. The maximum absolute atomic E-state index is 12.9. The Morgan fingerprint density at radius 3 is 2.38 bits per heavy atom. The molecule has 8 nitrogen and oxygen atoms in total. The first-order valence-corrected chi connectivity index (χ1v) is 16.2. The van der Waals surface area contributed by atoms with Crippen molar-refractivity contribution in [2.45, 2.75) is 51.0 Å². The molecule has 2 aliphatic heterocycles. The summed E-state index contributed by atoms with van der Waals surface area (Å²) in [6.07, 6.45) is 6.98. The molecular weight excluding hydrogens is 522 g/mol. The lowest BCUT2D eigenvalue weighted by Gasteiger charge is -2.31. The third-order valence-corrected chi connectivity index (χ3v) is 10.4. The summed E-state index contributed by atoms with van der Waals surface area (Å²) in [5, 5.41) is 1.10. The number of nitrogens with one attached hydrogen (secondary N) is 1. The molecule has 2 aliphatic rings. The largest absolute Gasteiger partial charge is 0.369 e. The van der Waals surface area contributed by atoms with Crippen molar-refractivity contribution in [3.8, 4) is 11.1 Å².